The van der Waals surface area contributed by atoms with Gasteiger partial charge in [-0.25, -0.2) is 4.39 Å². The van der Waals surface area contributed by atoms with Gasteiger partial charge in [0.05, 0.1) is 24.9 Å². The zero-order chi connectivity index (χ0) is 22.1. The molecule has 0 radical (unpaired) electrons. The second kappa shape index (κ2) is 12.2. The van der Waals surface area contributed by atoms with Gasteiger partial charge in [-0.3, -0.25) is 0 Å². The Hall–Kier alpha value is -1.79. The van der Waals surface area contributed by atoms with Crippen LogP contribution in [0.4, 0.5) is 4.39 Å². The number of thiophene rings is 1. The van der Waals surface area contributed by atoms with Gasteiger partial charge < -0.3 is 14.9 Å². The van der Waals surface area contributed by atoms with Crippen molar-refractivity contribution >= 4 is 21.4 Å². The van der Waals surface area contributed by atoms with Gasteiger partial charge in [-0.05, 0) is 40.8 Å². The molecule has 0 aliphatic carbocycles. The van der Waals surface area contributed by atoms with E-state index < -0.39 is 6.10 Å². The molecule has 3 aromatic rings. The highest BCUT2D eigenvalue weighted by Gasteiger charge is 2.29. The van der Waals surface area contributed by atoms with Crippen LogP contribution in [0.25, 0.3) is 10.1 Å². The molecule has 1 saturated heterocycles. The zero-order valence-corrected chi connectivity index (χ0v) is 19.1. The first-order chi connectivity index (χ1) is 14.6. The molecule has 1 fully saturated rings. The maximum atomic E-state index is 14.4. The summed E-state index contributed by atoms with van der Waals surface area (Å²) < 4.78 is 21.4. The summed E-state index contributed by atoms with van der Waals surface area (Å²) in [5.41, 5.74) is 1.47. The normalized spacial score (nSPS) is 20.7. The molecule has 0 bridgehead atoms. The number of halogens is 1. The average molecular weight is 433 g/mol. The van der Waals surface area contributed by atoms with Gasteiger partial charge in [0.2, 0.25) is 0 Å². The summed E-state index contributed by atoms with van der Waals surface area (Å²) in [6.07, 6.45) is 0.213. The van der Waals surface area contributed by atoms with E-state index in [1.165, 1.54) is 16.2 Å². The van der Waals surface area contributed by atoms with Crippen LogP contribution in [0.15, 0.2) is 48.5 Å². The number of hydrogen-bond donors (Lipinski definition) is 2. The Kier molecular flexibility index (Phi) is 9.92. The Morgan fingerprint density at radius 1 is 1.03 bits per heavy atom. The van der Waals surface area contributed by atoms with E-state index in [0.29, 0.717) is 24.8 Å². The number of aliphatic hydroxyl groups is 2. The highest BCUT2D eigenvalue weighted by molar-refractivity contribution is 7.19. The molecule has 0 spiro atoms. The summed E-state index contributed by atoms with van der Waals surface area (Å²) in [6, 6.07) is 15.3. The molecule has 2 N–H and O–H groups in total. The summed E-state index contributed by atoms with van der Waals surface area (Å²) in [6.45, 7) is 7.88. The molecule has 0 unspecified atom stereocenters. The monoisotopic (exact) mass is 432 g/mol. The Labute approximate surface area is 183 Å². The lowest BCUT2D eigenvalue weighted by Crippen LogP contribution is -2.33. The van der Waals surface area contributed by atoms with Gasteiger partial charge in [0.25, 0.3) is 0 Å². The van der Waals surface area contributed by atoms with Crippen LogP contribution in [0.3, 0.4) is 0 Å². The number of hydrogen-bond acceptors (Lipinski definition) is 4. The molecular formula is C25H33FO3S. The molecule has 5 heteroatoms. The molecule has 0 saturated carbocycles. The van der Waals surface area contributed by atoms with Crippen molar-refractivity contribution in [2.45, 2.75) is 65.3 Å². The van der Waals surface area contributed by atoms with Crippen molar-refractivity contribution in [2.24, 2.45) is 0 Å². The summed E-state index contributed by atoms with van der Waals surface area (Å²) >= 11 is 1.68. The van der Waals surface area contributed by atoms with E-state index in [1.807, 2.05) is 45.9 Å². The fourth-order valence-corrected chi connectivity index (χ4v) is 4.65. The first kappa shape index (κ1) is 24.5. The van der Waals surface area contributed by atoms with Crippen LogP contribution in [0.2, 0.25) is 0 Å². The molecule has 164 valence electrons. The molecule has 1 aliphatic rings. The molecule has 3 nitrogen and oxygen atoms in total. The van der Waals surface area contributed by atoms with E-state index >= 15 is 0 Å². The quantitative estimate of drug-likeness (QED) is 0.512. The lowest BCUT2D eigenvalue weighted by molar-refractivity contribution is -0.113. The van der Waals surface area contributed by atoms with Crippen molar-refractivity contribution in [3.05, 3.63) is 70.4 Å². The van der Waals surface area contributed by atoms with E-state index in [2.05, 4.69) is 18.2 Å². The Bertz CT molecular complexity index is 875. The van der Waals surface area contributed by atoms with Gasteiger partial charge in [-0.15, -0.1) is 11.3 Å². The standard InChI is InChI=1S/C21H21FO3S.2C2H6/c22-19-6-5-13(20-11-16(24)10-17(12-23)25-20)7-15(19)9-18-8-14-3-1-2-4-21(14)26-18;2*1-2/h1-8,16-17,20,23-24H,9-12H2;2*1-2H3/t16-,17-,20+;;/m0../s1. The summed E-state index contributed by atoms with van der Waals surface area (Å²) in [4.78, 5) is 1.11. The fourth-order valence-electron chi connectivity index (χ4n) is 3.56. The minimum absolute atomic E-state index is 0.122. The number of benzene rings is 2. The molecule has 30 heavy (non-hydrogen) atoms. The molecule has 1 aromatic heterocycles. The lowest BCUT2D eigenvalue weighted by Gasteiger charge is -2.32. The molecule has 4 rings (SSSR count). The van der Waals surface area contributed by atoms with Crippen LogP contribution < -0.4 is 0 Å². The number of rotatable bonds is 4. The highest BCUT2D eigenvalue weighted by Crippen LogP contribution is 2.33. The summed E-state index contributed by atoms with van der Waals surface area (Å²) in [5, 5.41) is 20.5. The minimum Gasteiger partial charge on any atom is -0.394 e. The van der Waals surface area contributed by atoms with Crippen LogP contribution in [0, 0.1) is 5.82 Å². The predicted octanol–water partition coefficient (Wildman–Crippen LogP) is 6.26. The van der Waals surface area contributed by atoms with Gasteiger partial charge in [0.15, 0.2) is 0 Å². The number of ether oxygens (including phenoxy) is 1. The van der Waals surface area contributed by atoms with Crippen LogP contribution in [0.5, 0.6) is 0 Å². The second-order valence-corrected chi connectivity index (χ2v) is 8.00. The fraction of sp³-hybridized carbons (Fsp3) is 0.440. The molecule has 0 amide bonds. The van der Waals surface area contributed by atoms with Gasteiger partial charge in [-0.1, -0.05) is 52.0 Å². The van der Waals surface area contributed by atoms with Crippen molar-refractivity contribution in [3.63, 3.8) is 0 Å². The van der Waals surface area contributed by atoms with Crippen molar-refractivity contribution in [1.82, 2.24) is 0 Å². The van der Waals surface area contributed by atoms with Crippen LogP contribution in [-0.2, 0) is 11.2 Å². The first-order valence-corrected chi connectivity index (χ1v) is 11.6. The van der Waals surface area contributed by atoms with Crippen LogP contribution >= 0.6 is 11.3 Å². The van der Waals surface area contributed by atoms with Crippen LogP contribution in [0.1, 0.15) is 62.6 Å². The van der Waals surface area contributed by atoms with Crippen LogP contribution in [-0.4, -0.2) is 29.0 Å². The van der Waals surface area contributed by atoms with E-state index in [0.717, 1.165) is 10.4 Å². The Balaban J connectivity index is 0.000000757. The lowest BCUT2D eigenvalue weighted by atomic mass is 9.94. The topological polar surface area (TPSA) is 49.7 Å². The first-order valence-electron chi connectivity index (χ1n) is 10.8. The van der Waals surface area contributed by atoms with E-state index in [4.69, 9.17) is 4.74 Å². The second-order valence-electron chi connectivity index (χ2n) is 6.83. The third-order valence-corrected chi connectivity index (χ3v) is 5.98. The van der Waals surface area contributed by atoms with Crippen molar-refractivity contribution in [1.29, 1.82) is 0 Å². The van der Waals surface area contributed by atoms with Gasteiger partial charge in [0.1, 0.15) is 5.82 Å². The van der Waals surface area contributed by atoms with Gasteiger partial charge in [0, 0.05) is 28.8 Å². The van der Waals surface area contributed by atoms with E-state index in [1.54, 1.807) is 17.4 Å². The molecule has 1 aliphatic heterocycles. The number of fused-ring (bicyclic) bond motifs is 1. The summed E-state index contributed by atoms with van der Waals surface area (Å²) in [7, 11) is 0. The largest absolute Gasteiger partial charge is 0.394 e. The SMILES string of the molecule is CC.CC.OC[C@@H]1C[C@H](O)C[C@H](c2ccc(F)c(Cc3cc4ccccc4s3)c2)O1. The zero-order valence-electron chi connectivity index (χ0n) is 18.3. The van der Waals surface area contributed by atoms with E-state index in [-0.39, 0.29) is 24.6 Å². The molecule has 3 atom stereocenters. The highest BCUT2D eigenvalue weighted by atomic mass is 32.1. The van der Waals surface area contributed by atoms with Crippen molar-refractivity contribution in [3.8, 4) is 0 Å². The van der Waals surface area contributed by atoms with Gasteiger partial charge >= 0.3 is 0 Å². The summed E-state index contributed by atoms with van der Waals surface area (Å²) in [5.74, 6) is -0.235. The maximum absolute atomic E-state index is 14.4. The maximum Gasteiger partial charge on any atom is 0.126 e. The predicted molar refractivity (Wildman–Crippen MR) is 124 cm³/mol. The van der Waals surface area contributed by atoms with Gasteiger partial charge in [-0.2, -0.15) is 0 Å². The van der Waals surface area contributed by atoms with Crippen molar-refractivity contribution < 1.29 is 19.3 Å². The number of aliphatic hydroxyl groups excluding tert-OH is 2. The third kappa shape index (κ3) is 6.11. The Morgan fingerprint density at radius 2 is 1.77 bits per heavy atom. The minimum atomic E-state index is -0.512. The third-order valence-electron chi connectivity index (χ3n) is 4.86. The average Bonchev–Trinajstić information content (AvgIpc) is 3.20. The molecule has 2 aromatic carbocycles. The Morgan fingerprint density at radius 3 is 2.47 bits per heavy atom. The molecular weight excluding hydrogens is 399 g/mol. The van der Waals surface area contributed by atoms with E-state index in [9.17, 15) is 14.6 Å². The molecule has 2 heterocycles. The smallest absolute Gasteiger partial charge is 0.126 e. The van der Waals surface area contributed by atoms with Crippen molar-refractivity contribution in [2.75, 3.05) is 6.61 Å².